The summed E-state index contributed by atoms with van der Waals surface area (Å²) in [6, 6.07) is 12.2. The minimum Gasteiger partial charge on any atom is -0.481 e. The zero-order valence-electron chi connectivity index (χ0n) is 21.5. The van der Waals surface area contributed by atoms with Crippen molar-refractivity contribution in [1.82, 2.24) is 15.0 Å². The molecule has 1 saturated heterocycles. The number of para-hydroxylation sites is 2. The number of fused-ring (bicyclic) bond motifs is 4. The first-order chi connectivity index (χ1) is 17.5. The van der Waals surface area contributed by atoms with Crippen LogP contribution in [0, 0.1) is 10.8 Å². The molecular weight excluding hydrogens is 452 g/mol. The van der Waals surface area contributed by atoms with E-state index in [2.05, 4.69) is 27.0 Å². The van der Waals surface area contributed by atoms with E-state index in [-0.39, 0.29) is 11.5 Å². The second kappa shape index (κ2) is 10.2. The highest BCUT2D eigenvalue weighted by Gasteiger charge is 2.52. The lowest BCUT2D eigenvalue weighted by molar-refractivity contribution is -0.162. The smallest absolute Gasteiger partial charge is 0.309 e. The maximum Gasteiger partial charge on any atom is 0.309 e. The summed E-state index contributed by atoms with van der Waals surface area (Å²) in [4.78, 5) is 26.8. The number of ether oxygens (including phenoxy) is 1. The van der Waals surface area contributed by atoms with Gasteiger partial charge in [-0.25, -0.2) is 9.97 Å². The van der Waals surface area contributed by atoms with Crippen molar-refractivity contribution in [3.05, 3.63) is 42.6 Å². The van der Waals surface area contributed by atoms with Crippen molar-refractivity contribution in [1.29, 1.82) is 0 Å². The first-order valence-corrected chi connectivity index (χ1v) is 13.6. The molecule has 4 aliphatic rings. The highest BCUT2D eigenvalue weighted by atomic mass is 16.5. The minimum atomic E-state index is -0.590. The van der Waals surface area contributed by atoms with Crippen molar-refractivity contribution in [3.63, 3.8) is 0 Å². The average Bonchev–Trinajstić information content (AvgIpc) is 3.39. The van der Waals surface area contributed by atoms with Gasteiger partial charge in [0, 0.05) is 24.8 Å². The SMILES string of the molecule is CC.O=C(O)C12CCC(COC3CCN(c4ccc(-c5nc6ccccc6[nH]5)cn4)CC3)(CC1)CC2. The number of anilines is 1. The summed E-state index contributed by atoms with van der Waals surface area (Å²) in [5, 5.41) is 9.61. The number of aliphatic carboxylic acids is 1. The van der Waals surface area contributed by atoms with E-state index in [4.69, 9.17) is 9.72 Å². The van der Waals surface area contributed by atoms with E-state index < -0.39 is 11.4 Å². The number of benzene rings is 1. The fraction of sp³-hybridized carbons (Fsp3) is 0.552. The van der Waals surface area contributed by atoms with Crippen molar-refractivity contribution in [2.24, 2.45) is 10.8 Å². The van der Waals surface area contributed by atoms with Crippen LogP contribution < -0.4 is 4.90 Å². The largest absolute Gasteiger partial charge is 0.481 e. The van der Waals surface area contributed by atoms with E-state index in [1.54, 1.807) is 0 Å². The fourth-order valence-electron chi connectivity index (χ4n) is 6.15. The molecule has 1 aliphatic heterocycles. The molecule has 3 saturated carbocycles. The minimum absolute atomic E-state index is 0.211. The summed E-state index contributed by atoms with van der Waals surface area (Å²) in [5.74, 6) is 1.26. The predicted molar refractivity (Wildman–Crippen MR) is 142 cm³/mol. The highest BCUT2D eigenvalue weighted by molar-refractivity contribution is 5.79. The lowest BCUT2D eigenvalue weighted by Gasteiger charge is -2.51. The Labute approximate surface area is 213 Å². The van der Waals surface area contributed by atoms with Gasteiger partial charge in [0.2, 0.25) is 0 Å². The maximum atomic E-state index is 11.7. The van der Waals surface area contributed by atoms with Crippen LogP contribution in [0.5, 0.6) is 0 Å². The third-order valence-electron chi connectivity index (χ3n) is 8.66. The molecule has 36 heavy (non-hydrogen) atoms. The monoisotopic (exact) mass is 490 g/mol. The lowest BCUT2D eigenvalue weighted by Crippen LogP contribution is -2.48. The van der Waals surface area contributed by atoms with Gasteiger partial charge in [-0.1, -0.05) is 26.0 Å². The van der Waals surface area contributed by atoms with E-state index in [1.165, 1.54) is 0 Å². The topological polar surface area (TPSA) is 91.3 Å². The number of hydrogen-bond donors (Lipinski definition) is 2. The number of carboxylic acid groups (broad SMARTS) is 1. The standard InChI is InChI=1S/C27H32N4O3.C2H6/c32-25(33)27-12-9-26(10-13-27,11-14-27)18-34-20-7-15-31(16-8-20)23-6-5-19(17-28-23)24-29-21-3-1-2-4-22(21)30-24;1-2/h1-6,17,20H,7-16,18H2,(H,29,30)(H,32,33);1-2H3. The summed E-state index contributed by atoms with van der Waals surface area (Å²) in [7, 11) is 0. The Bertz CT molecular complexity index is 1120. The molecule has 3 heterocycles. The number of nitrogens with zero attached hydrogens (tertiary/aromatic N) is 3. The van der Waals surface area contributed by atoms with Gasteiger partial charge in [0.1, 0.15) is 11.6 Å². The number of rotatable bonds is 6. The number of pyridine rings is 1. The second-order valence-electron chi connectivity index (χ2n) is 10.6. The number of carbonyl (C=O) groups is 1. The number of H-pyrrole nitrogens is 1. The molecule has 2 bridgehead atoms. The van der Waals surface area contributed by atoms with E-state index in [1.807, 2.05) is 44.3 Å². The Morgan fingerprint density at radius 1 is 1.06 bits per heavy atom. The van der Waals surface area contributed by atoms with Crippen LogP contribution in [0.2, 0.25) is 0 Å². The summed E-state index contributed by atoms with van der Waals surface area (Å²) in [6.45, 7) is 6.67. The molecule has 7 rings (SSSR count). The number of piperidine rings is 1. The number of carboxylic acids is 1. The number of aromatic nitrogens is 3. The van der Waals surface area contributed by atoms with E-state index in [9.17, 15) is 9.90 Å². The molecule has 7 nitrogen and oxygen atoms in total. The van der Waals surface area contributed by atoms with E-state index >= 15 is 0 Å². The molecule has 0 spiro atoms. The third-order valence-corrected chi connectivity index (χ3v) is 8.66. The molecule has 1 aromatic carbocycles. The summed E-state index contributed by atoms with van der Waals surface area (Å²) in [5.41, 5.74) is 2.75. The summed E-state index contributed by atoms with van der Waals surface area (Å²) < 4.78 is 6.42. The molecule has 192 valence electrons. The Hall–Kier alpha value is -2.93. The normalized spacial score (nSPS) is 26.0. The average molecular weight is 491 g/mol. The maximum absolute atomic E-state index is 11.7. The van der Waals surface area contributed by atoms with Crippen LogP contribution >= 0.6 is 0 Å². The van der Waals surface area contributed by atoms with Crippen LogP contribution in [0.4, 0.5) is 5.82 Å². The number of aromatic amines is 1. The van der Waals surface area contributed by atoms with E-state index in [0.717, 1.165) is 99.3 Å². The first-order valence-electron chi connectivity index (χ1n) is 13.6. The van der Waals surface area contributed by atoms with Crippen LogP contribution in [-0.2, 0) is 9.53 Å². The molecule has 0 atom stereocenters. The molecule has 0 unspecified atom stereocenters. The zero-order valence-corrected chi connectivity index (χ0v) is 21.5. The van der Waals surface area contributed by atoms with Gasteiger partial charge in [-0.05, 0) is 81.0 Å². The fourth-order valence-corrected chi connectivity index (χ4v) is 6.15. The second-order valence-corrected chi connectivity index (χ2v) is 10.6. The van der Waals surface area contributed by atoms with Gasteiger partial charge in [0.25, 0.3) is 0 Å². The van der Waals surface area contributed by atoms with Gasteiger partial charge in [-0.2, -0.15) is 0 Å². The first kappa shape index (κ1) is 24.8. The molecule has 7 heteroatoms. The Balaban J connectivity index is 0.00000130. The molecular formula is C29H38N4O3. The van der Waals surface area contributed by atoms with Crippen molar-refractivity contribution >= 4 is 22.8 Å². The predicted octanol–water partition coefficient (Wildman–Crippen LogP) is 6.06. The van der Waals surface area contributed by atoms with Crippen LogP contribution in [0.3, 0.4) is 0 Å². The van der Waals surface area contributed by atoms with Crippen molar-refractivity contribution in [2.45, 2.75) is 71.3 Å². The molecule has 2 aromatic heterocycles. The summed E-state index contributed by atoms with van der Waals surface area (Å²) >= 11 is 0. The molecule has 2 N–H and O–H groups in total. The van der Waals surface area contributed by atoms with Gasteiger partial charge in [0.05, 0.1) is 29.2 Å². The van der Waals surface area contributed by atoms with Crippen molar-refractivity contribution in [3.8, 4) is 11.4 Å². The van der Waals surface area contributed by atoms with Gasteiger partial charge >= 0.3 is 5.97 Å². The van der Waals surface area contributed by atoms with Gasteiger partial charge in [-0.15, -0.1) is 0 Å². The van der Waals surface area contributed by atoms with E-state index in [0.29, 0.717) is 0 Å². The quantitative estimate of drug-likeness (QED) is 0.436. The van der Waals surface area contributed by atoms with Crippen LogP contribution in [0.15, 0.2) is 42.6 Å². The molecule has 0 radical (unpaired) electrons. The van der Waals surface area contributed by atoms with Crippen LogP contribution in [0.25, 0.3) is 22.4 Å². The Morgan fingerprint density at radius 3 is 2.36 bits per heavy atom. The van der Waals surface area contributed by atoms with Gasteiger partial charge in [-0.3, -0.25) is 4.79 Å². The van der Waals surface area contributed by atoms with Crippen LogP contribution in [-0.4, -0.2) is 51.8 Å². The van der Waals surface area contributed by atoms with Crippen LogP contribution in [0.1, 0.15) is 65.2 Å². The van der Waals surface area contributed by atoms with Gasteiger partial charge < -0.3 is 19.7 Å². The van der Waals surface area contributed by atoms with Gasteiger partial charge in [0.15, 0.2) is 0 Å². The molecule has 0 amide bonds. The zero-order chi connectivity index (χ0) is 25.2. The number of nitrogens with one attached hydrogen (secondary N) is 1. The van der Waals surface area contributed by atoms with Crippen molar-refractivity contribution in [2.75, 3.05) is 24.6 Å². The number of hydrogen-bond acceptors (Lipinski definition) is 5. The number of imidazole rings is 1. The van der Waals surface area contributed by atoms with Crippen molar-refractivity contribution < 1.29 is 14.6 Å². The highest BCUT2D eigenvalue weighted by Crippen LogP contribution is 2.57. The molecule has 4 fully saturated rings. The molecule has 3 aliphatic carbocycles. The Morgan fingerprint density at radius 2 is 1.75 bits per heavy atom. The molecule has 3 aromatic rings. The lowest BCUT2D eigenvalue weighted by atomic mass is 9.54. The third kappa shape index (κ3) is 4.73. The Kier molecular flexibility index (Phi) is 7.02. The summed E-state index contributed by atoms with van der Waals surface area (Å²) in [6.07, 6.45) is 9.65.